The first kappa shape index (κ1) is 15.2. The molecule has 19 heavy (non-hydrogen) atoms. The Kier molecular flexibility index (Phi) is 5.22. The van der Waals surface area contributed by atoms with Crippen molar-refractivity contribution in [3.63, 3.8) is 0 Å². The Labute approximate surface area is 117 Å². The highest BCUT2D eigenvalue weighted by Crippen LogP contribution is 2.27. The van der Waals surface area contributed by atoms with E-state index in [0.29, 0.717) is 25.0 Å². The molecule has 2 rings (SSSR count). The molecule has 2 N–H and O–H groups in total. The Hall–Kier alpha value is -0.170. The third kappa shape index (κ3) is 3.90. The highest BCUT2D eigenvalue weighted by Gasteiger charge is 2.32. The zero-order chi connectivity index (χ0) is 13.9. The van der Waals surface area contributed by atoms with E-state index >= 15 is 0 Å². The van der Waals surface area contributed by atoms with Crippen molar-refractivity contribution in [1.82, 2.24) is 9.21 Å². The maximum atomic E-state index is 11.5. The summed E-state index contributed by atoms with van der Waals surface area (Å²) in [7, 11) is -3.02. The number of hydrogen-bond acceptors (Lipinski definition) is 4. The molecule has 1 saturated heterocycles. The molecule has 112 valence electrons. The van der Waals surface area contributed by atoms with Gasteiger partial charge in [0.05, 0.1) is 6.26 Å². The number of piperazine rings is 1. The third-order valence-electron chi connectivity index (χ3n) is 4.63. The molecule has 1 aliphatic heterocycles. The quantitative estimate of drug-likeness (QED) is 0.767. The van der Waals surface area contributed by atoms with Crippen LogP contribution in [0.3, 0.4) is 0 Å². The summed E-state index contributed by atoms with van der Waals surface area (Å²) in [4.78, 5) is 2.48. The number of nitrogens with two attached hydrogens (primary N) is 1. The second kappa shape index (κ2) is 6.52. The lowest BCUT2D eigenvalue weighted by molar-refractivity contribution is 0.0956. The van der Waals surface area contributed by atoms with E-state index in [2.05, 4.69) is 4.90 Å². The number of nitrogens with zero attached hydrogens (tertiary/aromatic N) is 2. The predicted octanol–water partition coefficient (Wildman–Crippen LogP) is 0.471. The van der Waals surface area contributed by atoms with Crippen LogP contribution in [-0.4, -0.2) is 62.6 Å². The predicted molar refractivity (Wildman–Crippen MR) is 77.4 cm³/mol. The summed E-state index contributed by atoms with van der Waals surface area (Å²) >= 11 is 0. The highest BCUT2D eigenvalue weighted by atomic mass is 32.2. The van der Waals surface area contributed by atoms with Crippen molar-refractivity contribution in [2.75, 3.05) is 39.0 Å². The van der Waals surface area contributed by atoms with E-state index in [-0.39, 0.29) is 0 Å². The molecule has 0 spiro atoms. The molecule has 0 aromatic carbocycles. The van der Waals surface area contributed by atoms with Gasteiger partial charge in [-0.05, 0) is 25.3 Å². The van der Waals surface area contributed by atoms with E-state index in [1.54, 1.807) is 4.31 Å². The van der Waals surface area contributed by atoms with Gasteiger partial charge < -0.3 is 5.73 Å². The molecule has 2 fully saturated rings. The lowest BCUT2D eigenvalue weighted by Crippen LogP contribution is -2.54. The lowest BCUT2D eigenvalue weighted by atomic mass is 9.93. The Balaban J connectivity index is 1.95. The summed E-state index contributed by atoms with van der Waals surface area (Å²) in [5.74, 6) is 0.590. The fraction of sp³-hybridized carbons (Fsp3) is 1.00. The van der Waals surface area contributed by atoms with Crippen molar-refractivity contribution in [2.24, 2.45) is 11.7 Å². The first-order valence-corrected chi connectivity index (χ1v) is 9.26. The summed E-state index contributed by atoms with van der Waals surface area (Å²) in [6, 6.07) is 0.564. The van der Waals surface area contributed by atoms with Gasteiger partial charge in [0.25, 0.3) is 0 Å². The zero-order valence-corrected chi connectivity index (χ0v) is 12.7. The fourth-order valence-corrected chi connectivity index (χ4v) is 4.31. The summed E-state index contributed by atoms with van der Waals surface area (Å²) in [6.07, 6.45) is 7.65. The number of sulfonamides is 1. The smallest absolute Gasteiger partial charge is 0.211 e. The molecule has 0 bridgehead atoms. The first-order valence-electron chi connectivity index (χ1n) is 7.41. The number of hydrogen-bond donors (Lipinski definition) is 1. The summed E-state index contributed by atoms with van der Waals surface area (Å²) in [5, 5.41) is 0. The van der Waals surface area contributed by atoms with Crippen LogP contribution in [0.5, 0.6) is 0 Å². The molecule has 2 aliphatic rings. The van der Waals surface area contributed by atoms with Gasteiger partial charge in [-0.2, -0.15) is 4.31 Å². The normalized spacial score (nSPS) is 32.1. The van der Waals surface area contributed by atoms with Gasteiger partial charge in [0.15, 0.2) is 0 Å². The van der Waals surface area contributed by atoms with Crippen LogP contribution in [0.25, 0.3) is 0 Å². The minimum absolute atomic E-state index is 0.564. The van der Waals surface area contributed by atoms with Gasteiger partial charge in [-0.25, -0.2) is 8.42 Å². The van der Waals surface area contributed by atoms with Crippen LogP contribution < -0.4 is 5.73 Å². The van der Waals surface area contributed by atoms with E-state index < -0.39 is 10.0 Å². The van der Waals surface area contributed by atoms with Gasteiger partial charge in [-0.15, -0.1) is 0 Å². The molecular weight excluding hydrogens is 262 g/mol. The Morgan fingerprint density at radius 3 is 2.26 bits per heavy atom. The zero-order valence-electron chi connectivity index (χ0n) is 11.9. The second-order valence-electron chi connectivity index (χ2n) is 5.90. The SMILES string of the molecule is CS(=O)(=O)N1CCN(C2CCCCCC2CN)CC1. The van der Waals surface area contributed by atoms with Crippen LogP contribution in [-0.2, 0) is 10.0 Å². The van der Waals surface area contributed by atoms with Crippen LogP contribution in [0.1, 0.15) is 32.1 Å². The van der Waals surface area contributed by atoms with Crippen molar-refractivity contribution in [3.05, 3.63) is 0 Å². The molecule has 0 amide bonds. The van der Waals surface area contributed by atoms with Crippen LogP contribution >= 0.6 is 0 Å². The van der Waals surface area contributed by atoms with Crippen molar-refractivity contribution in [2.45, 2.75) is 38.1 Å². The second-order valence-corrected chi connectivity index (χ2v) is 7.88. The van der Waals surface area contributed by atoms with Crippen LogP contribution in [0.15, 0.2) is 0 Å². The van der Waals surface area contributed by atoms with Gasteiger partial charge >= 0.3 is 0 Å². The highest BCUT2D eigenvalue weighted by molar-refractivity contribution is 7.88. The molecule has 1 aliphatic carbocycles. The molecular formula is C13H27N3O2S. The summed E-state index contributed by atoms with van der Waals surface area (Å²) in [6.45, 7) is 3.73. The minimum Gasteiger partial charge on any atom is -0.330 e. The summed E-state index contributed by atoms with van der Waals surface area (Å²) < 4.78 is 24.7. The molecule has 1 saturated carbocycles. The van der Waals surface area contributed by atoms with E-state index in [4.69, 9.17) is 5.73 Å². The van der Waals surface area contributed by atoms with Gasteiger partial charge in [0.1, 0.15) is 0 Å². The Morgan fingerprint density at radius 2 is 1.68 bits per heavy atom. The van der Waals surface area contributed by atoms with Gasteiger partial charge in [0, 0.05) is 32.2 Å². The van der Waals surface area contributed by atoms with E-state index in [0.717, 1.165) is 19.6 Å². The first-order chi connectivity index (χ1) is 9.02. The van der Waals surface area contributed by atoms with E-state index in [9.17, 15) is 8.42 Å². The minimum atomic E-state index is -3.02. The van der Waals surface area contributed by atoms with E-state index in [1.807, 2.05) is 0 Å². The topological polar surface area (TPSA) is 66.6 Å². The van der Waals surface area contributed by atoms with Crippen molar-refractivity contribution in [3.8, 4) is 0 Å². The molecule has 0 aromatic heterocycles. The van der Waals surface area contributed by atoms with Gasteiger partial charge in [-0.3, -0.25) is 4.90 Å². The Bertz CT molecular complexity index is 377. The molecule has 6 heteroatoms. The fourth-order valence-electron chi connectivity index (χ4n) is 3.49. The molecule has 2 atom stereocenters. The Morgan fingerprint density at radius 1 is 1.05 bits per heavy atom. The van der Waals surface area contributed by atoms with E-state index in [1.165, 1.54) is 38.4 Å². The third-order valence-corrected chi connectivity index (χ3v) is 5.94. The monoisotopic (exact) mass is 289 g/mol. The number of rotatable bonds is 3. The summed E-state index contributed by atoms with van der Waals surface area (Å²) in [5.41, 5.74) is 5.93. The largest absolute Gasteiger partial charge is 0.330 e. The maximum absolute atomic E-state index is 11.5. The van der Waals surface area contributed by atoms with Crippen LogP contribution in [0.4, 0.5) is 0 Å². The molecule has 1 heterocycles. The molecule has 5 nitrogen and oxygen atoms in total. The van der Waals surface area contributed by atoms with Gasteiger partial charge in [-0.1, -0.05) is 19.3 Å². The maximum Gasteiger partial charge on any atom is 0.211 e. The standard InChI is InChI=1S/C13H27N3O2S/c1-19(17,18)16-9-7-15(8-10-16)13-6-4-2-3-5-12(13)11-14/h12-13H,2-11,14H2,1H3. The van der Waals surface area contributed by atoms with Gasteiger partial charge in [0.2, 0.25) is 10.0 Å². The average Bonchev–Trinajstić information content (AvgIpc) is 2.62. The van der Waals surface area contributed by atoms with Crippen LogP contribution in [0, 0.1) is 5.92 Å². The molecule has 0 radical (unpaired) electrons. The lowest BCUT2D eigenvalue weighted by Gasteiger charge is -2.41. The average molecular weight is 289 g/mol. The van der Waals surface area contributed by atoms with Crippen molar-refractivity contribution in [1.29, 1.82) is 0 Å². The van der Waals surface area contributed by atoms with Crippen molar-refractivity contribution >= 4 is 10.0 Å². The van der Waals surface area contributed by atoms with Crippen molar-refractivity contribution < 1.29 is 8.42 Å². The molecule has 2 unspecified atom stereocenters. The van der Waals surface area contributed by atoms with Crippen LogP contribution in [0.2, 0.25) is 0 Å². The molecule has 0 aromatic rings.